The average molecular weight is 516 g/mol. The predicted octanol–water partition coefficient (Wildman–Crippen LogP) is 5.79. The second-order valence-corrected chi connectivity index (χ2v) is 8.88. The number of anilines is 1. The van der Waals surface area contributed by atoms with Crippen molar-refractivity contribution in [2.24, 2.45) is 7.05 Å². The molecule has 3 aromatic rings. The lowest BCUT2D eigenvalue weighted by atomic mass is 10.2. The third-order valence-corrected chi connectivity index (χ3v) is 6.35. The van der Waals surface area contributed by atoms with Crippen molar-refractivity contribution in [2.45, 2.75) is 25.6 Å². The Labute approximate surface area is 205 Å². The van der Waals surface area contributed by atoms with Crippen LogP contribution in [0.4, 0.5) is 5.69 Å². The zero-order chi connectivity index (χ0) is 23.3. The topological polar surface area (TPSA) is 78.3 Å². The molecule has 0 unspecified atom stereocenters. The monoisotopic (exact) mass is 514 g/mol. The molecule has 0 aliphatic heterocycles. The number of ether oxygens (including phenoxy) is 2. The minimum Gasteiger partial charge on any atom is -0.490 e. The van der Waals surface area contributed by atoms with Gasteiger partial charge in [0.1, 0.15) is 6.61 Å². The number of thioether (sulfide) groups is 1. The first-order chi connectivity index (χ1) is 15.3. The minimum absolute atomic E-state index is 0.107. The largest absolute Gasteiger partial charge is 0.490 e. The molecule has 1 aromatic heterocycles. The molecule has 1 heterocycles. The fraction of sp³-hybridized carbons (Fsp3) is 0.286. The Morgan fingerprint density at radius 1 is 1.06 bits per heavy atom. The van der Waals surface area contributed by atoms with E-state index in [2.05, 4.69) is 15.5 Å². The number of amides is 1. The smallest absolute Gasteiger partial charge is 0.234 e. The van der Waals surface area contributed by atoms with Crippen molar-refractivity contribution in [2.75, 3.05) is 17.7 Å². The van der Waals surface area contributed by atoms with Gasteiger partial charge in [-0.15, -0.1) is 10.2 Å². The highest BCUT2D eigenvalue weighted by atomic mass is 35.5. The molecule has 1 N–H and O–H groups in total. The molecule has 0 radical (unpaired) electrons. The Morgan fingerprint density at radius 3 is 2.56 bits per heavy atom. The van der Waals surface area contributed by atoms with Gasteiger partial charge in [0.05, 0.1) is 33.1 Å². The molecule has 2 aromatic carbocycles. The van der Waals surface area contributed by atoms with E-state index < -0.39 is 0 Å². The molecule has 7 nitrogen and oxygen atoms in total. The maximum Gasteiger partial charge on any atom is 0.234 e. The lowest BCUT2D eigenvalue weighted by Gasteiger charge is -2.12. The number of nitrogens with one attached hydrogen (secondary N) is 1. The first-order valence-electron chi connectivity index (χ1n) is 9.60. The van der Waals surface area contributed by atoms with Gasteiger partial charge in [0.2, 0.25) is 5.91 Å². The number of carbonyl (C=O) groups is 1. The van der Waals surface area contributed by atoms with Crippen LogP contribution in [0.1, 0.15) is 18.3 Å². The van der Waals surface area contributed by atoms with E-state index in [1.54, 1.807) is 4.57 Å². The van der Waals surface area contributed by atoms with E-state index in [-0.39, 0.29) is 18.3 Å². The Hall–Kier alpha value is -2.13. The highest BCUT2D eigenvalue weighted by Crippen LogP contribution is 2.32. The van der Waals surface area contributed by atoms with E-state index in [4.69, 9.17) is 44.3 Å². The Balaban J connectivity index is 1.58. The molecular weight excluding hydrogens is 495 g/mol. The molecule has 3 rings (SSSR count). The third-order valence-electron chi connectivity index (χ3n) is 4.30. The first kappa shape index (κ1) is 24.5. The van der Waals surface area contributed by atoms with Gasteiger partial charge in [-0.1, -0.05) is 52.6 Å². The van der Waals surface area contributed by atoms with Gasteiger partial charge in [0.15, 0.2) is 22.5 Å². The van der Waals surface area contributed by atoms with Crippen LogP contribution in [0.2, 0.25) is 15.1 Å². The van der Waals surface area contributed by atoms with E-state index in [9.17, 15) is 4.79 Å². The summed E-state index contributed by atoms with van der Waals surface area (Å²) >= 11 is 19.2. The van der Waals surface area contributed by atoms with Crippen molar-refractivity contribution < 1.29 is 14.3 Å². The molecule has 0 aliphatic rings. The number of halogens is 3. The van der Waals surface area contributed by atoms with E-state index in [1.807, 2.05) is 39.1 Å². The van der Waals surface area contributed by atoms with Crippen molar-refractivity contribution in [1.29, 1.82) is 0 Å². The van der Waals surface area contributed by atoms with Crippen LogP contribution in [0.3, 0.4) is 0 Å². The van der Waals surface area contributed by atoms with Gasteiger partial charge in [0, 0.05) is 7.05 Å². The second-order valence-electron chi connectivity index (χ2n) is 6.71. The van der Waals surface area contributed by atoms with Crippen LogP contribution in [0.25, 0.3) is 0 Å². The summed E-state index contributed by atoms with van der Waals surface area (Å²) in [6.45, 7) is 4.66. The molecule has 170 valence electrons. The fourth-order valence-electron chi connectivity index (χ4n) is 2.68. The van der Waals surface area contributed by atoms with Crippen molar-refractivity contribution in [1.82, 2.24) is 14.8 Å². The predicted molar refractivity (Wildman–Crippen MR) is 129 cm³/mol. The lowest BCUT2D eigenvalue weighted by molar-refractivity contribution is -0.113. The van der Waals surface area contributed by atoms with Gasteiger partial charge in [-0.2, -0.15) is 0 Å². The number of rotatable bonds is 9. The van der Waals surface area contributed by atoms with Gasteiger partial charge < -0.3 is 19.4 Å². The number of carbonyl (C=O) groups excluding carboxylic acids is 1. The standard InChI is InChI=1S/C21H21Cl3N4O3S/c1-4-30-18-7-12(2)5-6-17(18)31-10-19-26-27-21(28(19)3)32-11-20(29)25-16-9-14(23)13(22)8-15(16)24/h5-9H,4,10-11H2,1-3H3,(H,25,29). The summed E-state index contributed by atoms with van der Waals surface area (Å²) in [5.41, 5.74) is 1.47. The van der Waals surface area contributed by atoms with Crippen LogP contribution in [0, 0.1) is 6.92 Å². The van der Waals surface area contributed by atoms with Crippen molar-refractivity contribution in [3.63, 3.8) is 0 Å². The van der Waals surface area contributed by atoms with E-state index >= 15 is 0 Å². The molecule has 11 heteroatoms. The number of aryl methyl sites for hydroxylation is 1. The number of benzene rings is 2. The molecular formula is C21H21Cl3N4O3S. The molecule has 0 aliphatic carbocycles. The third kappa shape index (κ3) is 6.22. The van der Waals surface area contributed by atoms with Crippen LogP contribution in [-0.2, 0) is 18.4 Å². The molecule has 0 bridgehead atoms. The van der Waals surface area contributed by atoms with Crippen molar-refractivity contribution >= 4 is 58.2 Å². The average Bonchev–Trinajstić information content (AvgIpc) is 3.09. The number of aromatic nitrogens is 3. The molecule has 0 atom stereocenters. The highest BCUT2D eigenvalue weighted by Gasteiger charge is 2.15. The van der Waals surface area contributed by atoms with Gasteiger partial charge in [-0.3, -0.25) is 4.79 Å². The Kier molecular flexibility index (Phi) is 8.53. The summed E-state index contributed by atoms with van der Waals surface area (Å²) in [5.74, 6) is 1.77. The van der Waals surface area contributed by atoms with E-state index in [1.165, 1.54) is 23.9 Å². The highest BCUT2D eigenvalue weighted by molar-refractivity contribution is 7.99. The van der Waals surface area contributed by atoms with Crippen LogP contribution in [0.15, 0.2) is 35.5 Å². The minimum atomic E-state index is -0.267. The lowest BCUT2D eigenvalue weighted by Crippen LogP contribution is -2.15. The summed E-state index contributed by atoms with van der Waals surface area (Å²) in [7, 11) is 1.81. The zero-order valence-corrected chi connectivity index (χ0v) is 20.7. The van der Waals surface area contributed by atoms with Gasteiger partial charge in [-0.25, -0.2) is 0 Å². The second kappa shape index (κ2) is 11.1. The number of nitrogens with zero attached hydrogens (tertiary/aromatic N) is 3. The molecule has 0 saturated heterocycles. The van der Waals surface area contributed by atoms with E-state index in [0.29, 0.717) is 49.8 Å². The summed E-state index contributed by atoms with van der Waals surface area (Å²) in [6.07, 6.45) is 0. The van der Waals surface area contributed by atoms with Crippen LogP contribution in [0.5, 0.6) is 11.5 Å². The molecule has 0 fully saturated rings. The van der Waals surface area contributed by atoms with Crippen molar-refractivity contribution in [3.05, 3.63) is 56.8 Å². The van der Waals surface area contributed by atoms with Crippen molar-refractivity contribution in [3.8, 4) is 11.5 Å². The molecule has 0 spiro atoms. The molecule has 1 amide bonds. The van der Waals surface area contributed by atoms with E-state index in [0.717, 1.165) is 5.56 Å². The molecule has 32 heavy (non-hydrogen) atoms. The first-order valence-corrected chi connectivity index (χ1v) is 11.7. The maximum atomic E-state index is 12.3. The fourth-order valence-corrected chi connectivity index (χ4v) is 4.00. The summed E-state index contributed by atoms with van der Waals surface area (Å²) in [6, 6.07) is 8.73. The SMILES string of the molecule is CCOc1cc(C)ccc1OCc1nnc(SCC(=O)Nc2cc(Cl)c(Cl)cc2Cl)n1C. The number of hydrogen-bond donors (Lipinski definition) is 1. The van der Waals surface area contributed by atoms with Gasteiger partial charge in [-0.05, 0) is 43.7 Å². The summed E-state index contributed by atoms with van der Waals surface area (Å²) < 4.78 is 13.3. The summed E-state index contributed by atoms with van der Waals surface area (Å²) in [4.78, 5) is 12.3. The Morgan fingerprint density at radius 2 is 1.81 bits per heavy atom. The number of hydrogen-bond acceptors (Lipinski definition) is 6. The molecule has 0 saturated carbocycles. The summed E-state index contributed by atoms with van der Waals surface area (Å²) in [5, 5.41) is 12.5. The maximum absolute atomic E-state index is 12.3. The Bertz CT molecular complexity index is 1120. The van der Waals surface area contributed by atoms with Gasteiger partial charge >= 0.3 is 0 Å². The van der Waals surface area contributed by atoms with Crippen LogP contribution >= 0.6 is 46.6 Å². The van der Waals surface area contributed by atoms with Crippen LogP contribution in [-0.4, -0.2) is 33.0 Å². The quantitative estimate of drug-likeness (QED) is 0.287. The van der Waals surface area contributed by atoms with Crippen LogP contribution < -0.4 is 14.8 Å². The van der Waals surface area contributed by atoms with Gasteiger partial charge in [0.25, 0.3) is 0 Å². The zero-order valence-electron chi connectivity index (χ0n) is 17.6. The normalized spacial score (nSPS) is 10.8.